The van der Waals surface area contributed by atoms with Gasteiger partial charge in [-0.1, -0.05) is 13.8 Å². The van der Waals surface area contributed by atoms with Crippen molar-refractivity contribution in [3.8, 4) is 28.6 Å². The maximum absolute atomic E-state index is 5.86. The van der Waals surface area contributed by atoms with Crippen LogP contribution in [0.4, 0.5) is 11.6 Å². The summed E-state index contributed by atoms with van der Waals surface area (Å²) in [7, 11) is 3.54. The molecule has 0 aliphatic carbocycles. The molecule has 2 aromatic carbocycles. The lowest BCUT2D eigenvalue weighted by molar-refractivity contribution is 0.335. The number of ether oxygens (including phenoxy) is 2. The van der Waals surface area contributed by atoms with Gasteiger partial charge in [0.1, 0.15) is 11.5 Å². The minimum atomic E-state index is 0.336. The van der Waals surface area contributed by atoms with Crippen LogP contribution in [0.5, 0.6) is 11.5 Å². The first-order chi connectivity index (χ1) is 16.3. The van der Waals surface area contributed by atoms with Crippen LogP contribution in [-0.4, -0.2) is 38.0 Å². The number of imidazole rings is 1. The van der Waals surface area contributed by atoms with E-state index in [2.05, 4.69) is 48.3 Å². The Morgan fingerprint density at radius 2 is 1.88 bits per heavy atom. The Labute approximate surface area is 200 Å². The zero-order chi connectivity index (χ0) is 24.4. The minimum Gasteiger partial charge on any atom is -0.495 e. The van der Waals surface area contributed by atoms with Gasteiger partial charge in [-0.3, -0.25) is 0 Å². The smallest absolute Gasteiger partial charge is 0.225 e. The van der Waals surface area contributed by atoms with Gasteiger partial charge in [-0.05, 0) is 68.1 Å². The van der Waals surface area contributed by atoms with E-state index in [0.717, 1.165) is 45.3 Å². The van der Waals surface area contributed by atoms with Crippen molar-refractivity contribution in [2.75, 3.05) is 19.0 Å². The van der Waals surface area contributed by atoms with Crippen molar-refractivity contribution in [3.63, 3.8) is 0 Å². The summed E-state index contributed by atoms with van der Waals surface area (Å²) in [6, 6.07) is 10.2. The second kappa shape index (κ2) is 9.59. The lowest BCUT2D eigenvalue weighted by Gasteiger charge is -2.17. The molecule has 0 amide bonds. The van der Waals surface area contributed by atoms with Crippen molar-refractivity contribution in [2.24, 2.45) is 7.05 Å². The van der Waals surface area contributed by atoms with Crippen LogP contribution in [0.15, 0.2) is 42.9 Å². The van der Waals surface area contributed by atoms with E-state index in [1.54, 1.807) is 18.1 Å². The number of anilines is 2. The number of hydrogen-bond donors (Lipinski definition) is 1. The highest BCUT2D eigenvalue weighted by Crippen LogP contribution is 2.34. The standard InChI is InChI=1S/C26H32N6O2/c1-8-34-23-11-17(4)21(13-20(23)16(2)3)28-26-29-25(30-31(26)6)19-9-10-22(24(12-19)33-7)32-14-18(5)27-15-32/h9-16H,8H2,1-7H3,(H,28,29,30). The molecule has 4 rings (SSSR count). The van der Waals surface area contributed by atoms with E-state index in [-0.39, 0.29) is 0 Å². The number of aromatic nitrogens is 5. The second-order valence-corrected chi connectivity index (χ2v) is 8.61. The number of nitrogens with one attached hydrogen (secondary N) is 1. The molecule has 178 valence electrons. The maximum atomic E-state index is 5.86. The quantitative estimate of drug-likeness (QED) is 0.371. The first-order valence-corrected chi connectivity index (χ1v) is 11.5. The van der Waals surface area contributed by atoms with E-state index in [9.17, 15) is 0 Å². The average molecular weight is 461 g/mol. The Bertz CT molecular complexity index is 1300. The van der Waals surface area contributed by atoms with Crippen LogP contribution in [-0.2, 0) is 7.05 Å². The summed E-state index contributed by atoms with van der Waals surface area (Å²) in [4.78, 5) is 9.07. The SMILES string of the molecule is CCOc1cc(C)c(Nc2nc(-c3ccc(-n4cnc(C)c4)c(OC)c3)nn2C)cc1C(C)C. The number of rotatable bonds is 8. The van der Waals surface area contributed by atoms with Gasteiger partial charge in [0.25, 0.3) is 0 Å². The third kappa shape index (κ3) is 4.62. The average Bonchev–Trinajstić information content (AvgIpc) is 3.40. The molecule has 0 unspecified atom stereocenters. The van der Waals surface area contributed by atoms with Gasteiger partial charge < -0.3 is 19.4 Å². The van der Waals surface area contributed by atoms with Gasteiger partial charge in [0.2, 0.25) is 5.95 Å². The molecule has 0 radical (unpaired) electrons. The summed E-state index contributed by atoms with van der Waals surface area (Å²) in [6.07, 6.45) is 3.74. The molecule has 1 N–H and O–H groups in total. The first kappa shape index (κ1) is 23.4. The molecular formula is C26H32N6O2. The van der Waals surface area contributed by atoms with E-state index >= 15 is 0 Å². The third-order valence-corrected chi connectivity index (χ3v) is 5.72. The molecule has 0 atom stereocenters. The van der Waals surface area contributed by atoms with Gasteiger partial charge in [0.15, 0.2) is 5.82 Å². The molecule has 8 nitrogen and oxygen atoms in total. The largest absolute Gasteiger partial charge is 0.495 e. The number of benzene rings is 2. The van der Waals surface area contributed by atoms with Crippen molar-refractivity contribution < 1.29 is 9.47 Å². The van der Waals surface area contributed by atoms with Gasteiger partial charge in [-0.2, -0.15) is 4.98 Å². The molecule has 0 bridgehead atoms. The third-order valence-electron chi connectivity index (χ3n) is 5.72. The fourth-order valence-corrected chi connectivity index (χ4v) is 3.88. The molecule has 0 fully saturated rings. The predicted molar refractivity (Wildman–Crippen MR) is 135 cm³/mol. The van der Waals surface area contributed by atoms with E-state index < -0.39 is 0 Å². The minimum absolute atomic E-state index is 0.336. The molecule has 0 aliphatic heterocycles. The molecule has 0 aliphatic rings. The Morgan fingerprint density at radius 3 is 2.53 bits per heavy atom. The van der Waals surface area contributed by atoms with Crippen molar-refractivity contribution in [2.45, 2.75) is 40.5 Å². The molecule has 0 saturated heterocycles. The van der Waals surface area contributed by atoms with Gasteiger partial charge >= 0.3 is 0 Å². The monoisotopic (exact) mass is 460 g/mol. The lowest BCUT2D eigenvalue weighted by atomic mass is 9.99. The fourth-order valence-electron chi connectivity index (χ4n) is 3.88. The highest BCUT2D eigenvalue weighted by atomic mass is 16.5. The molecule has 0 saturated carbocycles. The molecule has 0 spiro atoms. The van der Waals surface area contributed by atoms with Crippen LogP contribution in [0.25, 0.3) is 17.1 Å². The summed E-state index contributed by atoms with van der Waals surface area (Å²) < 4.78 is 15.2. The van der Waals surface area contributed by atoms with Crippen molar-refractivity contribution in [1.29, 1.82) is 0 Å². The topological polar surface area (TPSA) is 79.0 Å². The normalized spacial score (nSPS) is 11.2. The van der Waals surface area contributed by atoms with Crippen molar-refractivity contribution in [1.82, 2.24) is 24.3 Å². The van der Waals surface area contributed by atoms with Crippen LogP contribution in [0.1, 0.15) is 43.5 Å². The summed E-state index contributed by atoms with van der Waals surface area (Å²) in [5, 5.41) is 8.09. The zero-order valence-electron chi connectivity index (χ0n) is 20.9. The van der Waals surface area contributed by atoms with Crippen LogP contribution < -0.4 is 14.8 Å². The van der Waals surface area contributed by atoms with Crippen LogP contribution in [0, 0.1) is 13.8 Å². The highest BCUT2D eigenvalue weighted by molar-refractivity contribution is 5.67. The molecular weight excluding hydrogens is 428 g/mol. The van der Waals surface area contributed by atoms with Crippen molar-refractivity contribution >= 4 is 11.6 Å². The summed E-state index contributed by atoms with van der Waals surface area (Å²) in [5.74, 6) is 3.26. The number of hydrogen-bond acceptors (Lipinski definition) is 6. The van der Waals surface area contributed by atoms with Gasteiger partial charge in [0.05, 0.1) is 31.4 Å². The predicted octanol–water partition coefficient (Wildman–Crippen LogP) is 5.56. The fraction of sp³-hybridized carbons (Fsp3) is 0.346. The lowest BCUT2D eigenvalue weighted by Crippen LogP contribution is -2.04. The number of methoxy groups -OCH3 is 1. The Balaban J connectivity index is 1.65. The molecule has 2 aromatic heterocycles. The maximum Gasteiger partial charge on any atom is 0.225 e. The first-order valence-electron chi connectivity index (χ1n) is 11.5. The number of nitrogens with zero attached hydrogens (tertiary/aromatic N) is 5. The Morgan fingerprint density at radius 1 is 1.09 bits per heavy atom. The van der Waals surface area contributed by atoms with Crippen LogP contribution >= 0.6 is 0 Å². The molecule has 8 heteroatoms. The number of aryl methyl sites for hydroxylation is 3. The van der Waals surface area contributed by atoms with Gasteiger partial charge in [-0.15, -0.1) is 5.10 Å². The van der Waals surface area contributed by atoms with Gasteiger partial charge in [-0.25, -0.2) is 9.67 Å². The van der Waals surface area contributed by atoms with Gasteiger partial charge in [0, 0.05) is 24.5 Å². The molecule has 34 heavy (non-hydrogen) atoms. The highest BCUT2D eigenvalue weighted by Gasteiger charge is 2.16. The van der Waals surface area contributed by atoms with Crippen LogP contribution in [0.3, 0.4) is 0 Å². The van der Waals surface area contributed by atoms with E-state index in [4.69, 9.17) is 14.5 Å². The van der Waals surface area contributed by atoms with Crippen LogP contribution in [0.2, 0.25) is 0 Å². The Kier molecular flexibility index (Phi) is 6.58. The second-order valence-electron chi connectivity index (χ2n) is 8.61. The van der Waals surface area contributed by atoms with Crippen molar-refractivity contribution in [3.05, 3.63) is 59.7 Å². The Hall–Kier alpha value is -3.81. The van der Waals surface area contributed by atoms with E-state index in [0.29, 0.717) is 24.3 Å². The summed E-state index contributed by atoms with van der Waals surface area (Å²) >= 11 is 0. The van der Waals surface area contributed by atoms with E-state index in [1.165, 1.54) is 0 Å². The zero-order valence-corrected chi connectivity index (χ0v) is 20.9. The molecule has 4 aromatic rings. The molecule has 2 heterocycles. The summed E-state index contributed by atoms with van der Waals surface area (Å²) in [5.41, 5.74) is 5.95. The summed E-state index contributed by atoms with van der Waals surface area (Å²) in [6.45, 7) is 11.0. The van der Waals surface area contributed by atoms with E-state index in [1.807, 2.05) is 49.9 Å².